The van der Waals surface area contributed by atoms with Crippen molar-refractivity contribution in [3.63, 3.8) is 0 Å². The Morgan fingerprint density at radius 1 is 1.07 bits per heavy atom. The summed E-state index contributed by atoms with van der Waals surface area (Å²) in [7, 11) is 0. The van der Waals surface area contributed by atoms with E-state index < -0.39 is 0 Å². The predicted octanol–water partition coefficient (Wildman–Crippen LogP) is 2.26. The van der Waals surface area contributed by atoms with Crippen LogP contribution in [0.1, 0.15) is 32.1 Å². The van der Waals surface area contributed by atoms with E-state index in [1.165, 1.54) is 38.6 Å². The zero-order valence-electron chi connectivity index (χ0n) is 8.75. The molecule has 0 aromatic heterocycles. The molecule has 0 aromatic rings. The summed E-state index contributed by atoms with van der Waals surface area (Å²) in [5.74, 6) is 0.814. The molecular weight excluding hydrogens is 198 g/mol. The van der Waals surface area contributed by atoms with E-state index in [2.05, 4.69) is 4.90 Å². The predicted molar refractivity (Wildman–Crippen MR) is 58.9 cm³/mol. The number of fused-ring (bicyclic) bond motifs is 2. The van der Waals surface area contributed by atoms with Crippen LogP contribution >= 0.6 is 11.6 Å². The minimum absolute atomic E-state index is 0.543. The third-order valence-corrected chi connectivity index (χ3v) is 3.49. The molecule has 14 heavy (non-hydrogen) atoms. The van der Waals surface area contributed by atoms with Gasteiger partial charge in [0.15, 0.2) is 0 Å². The SMILES string of the molecule is ClCCCCCN1CC2CCC(C1)O2. The molecule has 82 valence electrons. The molecule has 0 saturated carbocycles. The maximum Gasteiger partial charge on any atom is 0.0707 e. The van der Waals surface area contributed by atoms with Crippen LogP contribution in [0.2, 0.25) is 0 Å². The average Bonchev–Trinajstić information content (AvgIpc) is 2.53. The number of likely N-dealkylation sites (tertiary alicyclic amines) is 1. The Morgan fingerprint density at radius 3 is 2.43 bits per heavy atom. The number of morpholine rings is 1. The van der Waals surface area contributed by atoms with Crippen LogP contribution in [-0.4, -0.2) is 42.6 Å². The molecule has 2 saturated heterocycles. The van der Waals surface area contributed by atoms with Crippen LogP contribution in [0.3, 0.4) is 0 Å². The molecular formula is C11H20ClNO. The Kier molecular flexibility index (Phi) is 4.09. The van der Waals surface area contributed by atoms with Crippen molar-refractivity contribution in [2.45, 2.75) is 44.3 Å². The number of hydrogen-bond acceptors (Lipinski definition) is 2. The highest BCUT2D eigenvalue weighted by atomic mass is 35.5. The molecule has 2 fully saturated rings. The first-order chi connectivity index (χ1) is 6.88. The summed E-state index contributed by atoms with van der Waals surface area (Å²) < 4.78 is 5.79. The van der Waals surface area contributed by atoms with E-state index >= 15 is 0 Å². The number of alkyl halides is 1. The Labute approximate surface area is 91.6 Å². The molecule has 2 rings (SSSR count). The molecule has 2 heterocycles. The molecule has 3 heteroatoms. The normalized spacial score (nSPS) is 32.4. The Balaban J connectivity index is 1.62. The van der Waals surface area contributed by atoms with Gasteiger partial charge < -0.3 is 4.74 Å². The lowest BCUT2D eigenvalue weighted by molar-refractivity contribution is -0.0385. The zero-order chi connectivity index (χ0) is 9.80. The summed E-state index contributed by atoms with van der Waals surface area (Å²) in [4.78, 5) is 2.57. The number of rotatable bonds is 5. The topological polar surface area (TPSA) is 12.5 Å². The first-order valence-electron chi connectivity index (χ1n) is 5.82. The molecule has 2 unspecified atom stereocenters. The molecule has 2 bridgehead atoms. The van der Waals surface area contributed by atoms with E-state index in [4.69, 9.17) is 16.3 Å². The number of nitrogens with zero attached hydrogens (tertiary/aromatic N) is 1. The molecule has 2 atom stereocenters. The van der Waals surface area contributed by atoms with Crippen molar-refractivity contribution < 1.29 is 4.74 Å². The van der Waals surface area contributed by atoms with Crippen molar-refractivity contribution in [2.24, 2.45) is 0 Å². The first-order valence-corrected chi connectivity index (χ1v) is 6.35. The molecule has 2 aliphatic heterocycles. The molecule has 2 aliphatic rings. The van der Waals surface area contributed by atoms with Crippen molar-refractivity contribution in [3.05, 3.63) is 0 Å². The van der Waals surface area contributed by atoms with Crippen LogP contribution in [-0.2, 0) is 4.74 Å². The summed E-state index contributed by atoms with van der Waals surface area (Å²) in [6.07, 6.45) is 7.39. The molecule has 0 spiro atoms. The van der Waals surface area contributed by atoms with Gasteiger partial charge in [-0.1, -0.05) is 6.42 Å². The van der Waals surface area contributed by atoms with Crippen LogP contribution in [0, 0.1) is 0 Å². The van der Waals surface area contributed by atoms with Crippen LogP contribution in [0.5, 0.6) is 0 Å². The average molecular weight is 218 g/mol. The lowest BCUT2D eigenvalue weighted by Gasteiger charge is -2.31. The highest BCUT2D eigenvalue weighted by Gasteiger charge is 2.32. The molecule has 0 aromatic carbocycles. The van der Waals surface area contributed by atoms with Crippen LogP contribution in [0.15, 0.2) is 0 Å². The highest BCUT2D eigenvalue weighted by molar-refractivity contribution is 6.17. The molecule has 0 amide bonds. The summed E-state index contributed by atoms with van der Waals surface area (Å²) in [6, 6.07) is 0. The minimum Gasteiger partial charge on any atom is -0.372 e. The largest absolute Gasteiger partial charge is 0.372 e. The van der Waals surface area contributed by atoms with Crippen molar-refractivity contribution in [1.29, 1.82) is 0 Å². The van der Waals surface area contributed by atoms with Crippen LogP contribution in [0.4, 0.5) is 0 Å². The molecule has 0 aliphatic carbocycles. The first kappa shape index (κ1) is 10.7. The van der Waals surface area contributed by atoms with Gasteiger partial charge in [0, 0.05) is 19.0 Å². The Hall–Kier alpha value is 0.210. The Morgan fingerprint density at radius 2 is 1.79 bits per heavy atom. The number of halogens is 1. The maximum absolute atomic E-state index is 5.79. The zero-order valence-corrected chi connectivity index (χ0v) is 9.51. The summed E-state index contributed by atoms with van der Waals surface area (Å²) in [5.41, 5.74) is 0. The van der Waals surface area contributed by atoms with Gasteiger partial charge in [0.05, 0.1) is 12.2 Å². The van der Waals surface area contributed by atoms with E-state index in [0.717, 1.165) is 19.0 Å². The summed E-state index contributed by atoms with van der Waals surface area (Å²) in [5, 5.41) is 0. The fourth-order valence-corrected chi connectivity index (χ4v) is 2.68. The Bertz CT molecular complexity index is 165. The van der Waals surface area contributed by atoms with Crippen molar-refractivity contribution >= 4 is 11.6 Å². The number of ether oxygens (including phenoxy) is 1. The molecule has 0 N–H and O–H groups in total. The second kappa shape index (κ2) is 5.34. The van der Waals surface area contributed by atoms with Crippen LogP contribution < -0.4 is 0 Å². The second-order valence-corrected chi connectivity index (χ2v) is 4.84. The van der Waals surface area contributed by atoms with Crippen molar-refractivity contribution in [3.8, 4) is 0 Å². The fourth-order valence-electron chi connectivity index (χ4n) is 2.49. The van der Waals surface area contributed by atoms with Gasteiger partial charge in [-0.15, -0.1) is 11.6 Å². The van der Waals surface area contributed by atoms with Gasteiger partial charge in [-0.25, -0.2) is 0 Å². The smallest absolute Gasteiger partial charge is 0.0707 e. The van der Waals surface area contributed by atoms with Gasteiger partial charge in [-0.2, -0.15) is 0 Å². The number of hydrogen-bond donors (Lipinski definition) is 0. The third-order valence-electron chi connectivity index (χ3n) is 3.23. The van der Waals surface area contributed by atoms with Gasteiger partial charge >= 0.3 is 0 Å². The lowest BCUT2D eigenvalue weighted by atomic mass is 10.2. The van der Waals surface area contributed by atoms with Gasteiger partial charge in [0.2, 0.25) is 0 Å². The second-order valence-electron chi connectivity index (χ2n) is 4.47. The van der Waals surface area contributed by atoms with Crippen LogP contribution in [0.25, 0.3) is 0 Å². The maximum atomic E-state index is 5.79. The summed E-state index contributed by atoms with van der Waals surface area (Å²) in [6.45, 7) is 3.57. The fraction of sp³-hybridized carbons (Fsp3) is 1.00. The third kappa shape index (κ3) is 2.85. The van der Waals surface area contributed by atoms with Crippen molar-refractivity contribution in [2.75, 3.05) is 25.5 Å². The van der Waals surface area contributed by atoms with Gasteiger partial charge in [0.1, 0.15) is 0 Å². The van der Waals surface area contributed by atoms with E-state index in [0.29, 0.717) is 12.2 Å². The number of unbranched alkanes of at least 4 members (excludes halogenated alkanes) is 2. The highest BCUT2D eigenvalue weighted by Crippen LogP contribution is 2.26. The lowest BCUT2D eigenvalue weighted by Crippen LogP contribution is -2.42. The van der Waals surface area contributed by atoms with E-state index in [9.17, 15) is 0 Å². The van der Waals surface area contributed by atoms with Gasteiger partial charge in [0.25, 0.3) is 0 Å². The quantitative estimate of drug-likeness (QED) is 0.518. The minimum atomic E-state index is 0.543. The van der Waals surface area contributed by atoms with E-state index in [1.807, 2.05) is 0 Å². The van der Waals surface area contributed by atoms with Gasteiger partial charge in [-0.05, 0) is 32.2 Å². The molecule has 0 radical (unpaired) electrons. The monoisotopic (exact) mass is 217 g/mol. The molecule has 2 nitrogen and oxygen atoms in total. The van der Waals surface area contributed by atoms with E-state index in [-0.39, 0.29) is 0 Å². The summed E-state index contributed by atoms with van der Waals surface area (Å²) >= 11 is 5.65. The van der Waals surface area contributed by atoms with Gasteiger partial charge in [-0.3, -0.25) is 4.90 Å². The standard InChI is InChI=1S/C11H20ClNO/c12-6-2-1-3-7-13-8-10-4-5-11(9-13)14-10/h10-11H,1-9H2. The van der Waals surface area contributed by atoms with E-state index in [1.54, 1.807) is 0 Å². The van der Waals surface area contributed by atoms with Crippen molar-refractivity contribution in [1.82, 2.24) is 4.90 Å².